The molecule has 0 N–H and O–H groups in total. The van der Waals surface area contributed by atoms with Crippen LogP contribution in [0.25, 0.3) is 11.1 Å². The summed E-state index contributed by atoms with van der Waals surface area (Å²) in [5.74, 6) is 0.309. The summed E-state index contributed by atoms with van der Waals surface area (Å²) in [5.41, 5.74) is -0.509. The van der Waals surface area contributed by atoms with Crippen molar-refractivity contribution in [1.29, 1.82) is 5.26 Å². The summed E-state index contributed by atoms with van der Waals surface area (Å²) in [6.45, 7) is 0. The maximum atomic E-state index is 13.0. The van der Waals surface area contributed by atoms with E-state index in [9.17, 15) is 13.2 Å². The smallest absolute Gasteiger partial charge is 0.417 e. The molecule has 0 atom stereocenters. The molecule has 20 heavy (non-hydrogen) atoms. The van der Waals surface area contributed by atoms with Crippen molar-refractivity contribution in [1.82, 2.24) is 4.98 Å². The van der Waals surface area contributed by atoms with Crippen molar-refractivity contribution in [3.8, 4) is 22.9 Å². The van der Waals surface area contributed by atoms with Crippen LogP contribution in [-0.4, -0.2) is 12.1 Å². The number of nitriles is 1. The fraction of sp³-hybridized carbons (Fsp3) is 0.143. The van der Waals surface area contributed by atoms with Crippen molar-refractivity contribution in [2.24, 2.45) is 0 Å². The van der Waals surface area contributed by atoms with Gasteiger partial charge in [-0.25, -0.2) is 4.98 Å². The Morgan fingerprint density at radius 3 is 2.55 bits per heavy atom. The molecule has 1 heterocycles. The van der Waals surface area contributed by atoms with Crippen LogP contribution < -0.4 is 4.74 Å². The predicted molar refractivity (Wildman–Crippen MR) is 65.9 cm³/mol. The van der Waals surface area contributed by atoms with E-state index in [-0.39, 0.29) is 16.8 Å². The van der Waals surface area contributed by atoms with Crippen LogP contribution in [0, 0.1) is 11.3 Å². The zero-order valence-corrected chi connectivity index (χ0v) is 10.4. The fourth-order valence-corrected chi connectivity index (χ4v) is 1.80. The van der Waals surface area contributed by atoms with E-state index in [1.807, 2.05) is 0 Å². The molecule has 0 aliphatic carbocycles. The summed E-state index contributed by atoms with van der Waals surface area (Å²) in [6, 6.07) is 8.03. The Hall–Kier alpha value is -2.55. The minimum atomic E-state index is -4.49. The lowest BCUT2D eigenvalue weighted by Gasteiger charge is -2.14. The molecule has 2 aromatic rings. The molecule has 0 radical (unpaired) electrons. The minimum absolute atomic E-state index is 0.0456. The number of hydrogen-bond acceptors (Lipinski definition) is 3. The Labute approximate surface area is 113 Å². The molecule has 0 saturated heterocycles. The first kappa shape index (κ1) is 13.9. The molecular formula is C14H9F3N2O. The van der Waals surface area contributed by atoms with E-state index in [1.165, 1.54) is 37.6 Å². The van der Waals surface area contributed by atoms with Crippen LogP contribution in [0.4, 0.5) is 13.2 Å². The highest BCUT2D eigenvalue weighted by Crippen LogP contribution is 2.38. The van der Waals surface area contributed by atoms with Gasteiger partial charge in [-0.1, -0.05) is 0 Å². The average Bonchev–Trinajstić information content (AvgIpc) is 2.45. The van der Waals surface area contributed by atoms with Gasteiger partial charge in [0, 0.05) is 6.20 Å². The van der Waals surface area contributed by atoms with Gasteiger partial charge >= 0.3 is 6.18 Å². The number of rotatable bonds is 2. The van der Waals surface area contributed by atoms with Crippen molar-refractivity contribution in [3.05, 3.63) is 47.8 Å². The van der Waals surface area contributed by atoms with Crippen molar-refractivity contribution in [2.45, 2.75) is 6.18 Å². The fourth-order valence-electron chi connectivity index (χ4n) is 1.80. The van der Waals surface area contributed by atoms with E-state index >= 15 is 0 Å². The van der Waals surface area contributed by atoms with Gasteiger partial charge in [0.2, 0.25) is 0 Å². The number of nitrogens with zero attached hydrogens (tertiary/aromatic N) is 2. The summed E-state index contributed by atoms with van der Waals surface area (Å²) >= 11 is 0. The van der Waals surface area contributed by atoms with Crippen molar-refractivity contribution >= 4 is 0 Å². The Kier molecular flexibility index (Phi) is 3.61. The Morgan fingerprint density at radius 1 is 1.20 bits per heavy atom. The van der Waals surface area contributed by atoms with Crippen LogP contribution in [0.5, 0.6) is 5.75 Å². The van der Waals surface area contributed by atoms with E-state index in [0.29, 0.717) is 5.75 Å². The van der Waals surface area contributed by atoms with Crippen molar-refractivity contribution < 1.29 is 17.9 Å². The second-order valence-corrected chi connectivity index (χ2v) is 3.95. The van der Waals surface area contributed by atoms with Gasteiger partial charge in [0.25, 0.3) is 0 Å². The average molecular weight is 278 g/mol. The van der Waals surface area contributed by atoms with Gasteiger partial charge in [0.15, 0.2) is 0 Å². The summed E-state index contributed by atoms with van der Waals surface area (Å²) < 4.78 is 44.0. The van der Waals surface area contributed by atoms with Gasteiger partial charge in [-0.3, -0.25) is 0 Å². The third-order valence-corrected chi connectivity index (χ3v) is 2.72. The topological polar surface area (TPSA) is 45.9 Å². The molecular weight excluding hydrogens is 269 g/mol. The van der Waals surface area contributed by atoms with E-state index in [2.05, 4.69) is 4.98 Å². The first-order chi connectivity index (χ1) is 9.45. The first-order valence-corrected chi connectivity index (χ1v) is 5.57. The molecule has 3 nitrogen and oxygen atoms in total. The lowest BCUT2D eigenvalue weighted by atomic mass is 9.99. The number of pyridine rings is 1. The quantitative estimate of drug-likeness (QED) is 0.842. The van der Waals surface area contributed by atoms with E-state index < -0.39 is 11.7 Å². The molecule has 0 bridgehead atoms. The maximum absolute atomic E-state index is 13.0. The number of aromatic nitrogens is 1. The lowest BCUT2D eigenvalue weighted by molar-refractivity contribution is -0.137. The van der Waals surface area contributed by atoms with Gasteiger partial charge in [-0.15, -0.1) is 0 Å². The molecule has 0 amide bonds. The zero-order chi connectivity index (χ0) is 14.8. The number of halogens is 3. The third kappa shape index (κ3) is 2.72. The Balaban J connectivity index is 2.67. The molecule has 2 rings (SSSR count). The van der Waals surface area contributed by atoms with Crippen LogP contribution in [0.1, 0.15) is 11.3 Å². The molecule has 0 fully saturated rings. The zero-order valence-electron chi connectivity index (χ0n) is 10.4. The summed E-state index contributed by atoms with van der Waals surface area (Å²) in [6.07, 6.45) is -3.19. The van der Waals surface area contributed by atoms with E-state index in [0.717, 1.165) is 6.07 Å². The number of methoxy groups -OCH3 is 1. The highest BCUT2D eigenvalue weighted by atomic mass is 19.4. The van der Waals surface area contributed by atoms with Crippen LogP contribution in [0.15, 0.2) is 36.5 Å². The maximum Gasteiger partial charge on any atom is 0.417 e. The molecule has 1 aromatic carbocycles. The first-order valence-electron chi connectivity index (χ1n) is 5.57. The lowest BCUT2D eigenvalue weighted by Crippen LogP contribution is -2.07. The summed E-state index contributed by atoms with van der Waals surface area (Å²) in [7, 11) is 1.37. The van der Waals surface area contributed by atoms with Gasteiger partial charge in [-0.2, -0.15) is 18.4 Å². The normalized spacial score (nSPS) is 10.9. The summed E-state index contributed by atoms with van der Waals surface area (Å²) in [5, 5.41) is 8.78. The largest absolute Gasteiger partial charge is 0.497 e. The predicted octanol–water partition coefficient (Wildman–Crippen LogP) is 3.65. The molecule has 0 saturated carbocycles. The van der Waals surface area contributed by atoms with Crippen LogP contribution in [0.2, 0.25) is 0 Å². The van der Waals surface area contributed by atoms with E-state index in [1.54, 1.807) is 6.07 Å². The monoisotopic (exact) mass is 278 g/mol. The highest BCUT2D eigenvalue weighted by Gasteiger charge is 2.33. The second kappa shape index (κ2) is 5.21. The molecule has 0 aliphatic rings. The van der Waals surface area contributed by atoms with Gasteiger partial charge in [0.1, 0.15) is 17.5 Å². The molecule has 0 spiro atoms. The number of hydrogen-bond donors (Lipinski definition) is 0. The number of benzene rings is 1. The number of ether oxygens (including phenoxy) is 1. The van der Waals surface area contributed by atoms with Gasteiger partial charge in [-0.05, 0) is 41.5 Å². The van der Waals surface area contributed by atoms with Gasteiger partial charge in [0.05, 0.1) is 12.7 Å². The third-order valence-electron chi connectivity index (χ3n) is 2.72. The van der Waals surface area contributed by atoms with Crippen molar-refractivity contribution in [2.75, 3.05) is 7.11 Å². The van der Waals surface area contributed by atoms with Gasteiger partial charge < -0.3 is 4.74 Å². The van der Waals surface area contributed by atoms with Crippen molar-refractivity contribution in [3.63, 3.8) is 0 Å². The molecule has 0 aliphatic heterocycles. The molecule has 102 valence electrons. The SMILES string of the molecule is COc1ccc(C(F)(F)F)c(-c2ccnc(C#N)c2)c1. The molecule has 6 heteroatoms. The highest BCUT2D eigenvalue weighted by molar-refractivity contribution is 5.70. The second-order valence-electron chi connectivity index (χ2n) is 3.95. The Morgan fingerprint density at radius 2 is 1.95 bits per heavy atom. The summed E-state index contributed by atoms with van der Waals surface area (Å²) in [4.78, 5) is 3.74. The van der Waals surface area contributed by atoms with Crippen LogP contribution >= 0.6 is 0 Å². The minimum Gasteiger partial charge on any atom is -0.497 e. The standard InChI is InChI=1S/C14H9F3N2O/c1-20-11-2-3-13(14(15,16)17)12(7-11)9-4-5-19-10(6-9)8-18/h2-7H,1H3. The van der Waals surface area contributed by atoms with Crippen LogP contribution in [-0.2, 0) is 6.18 Å². The van der Waals surface area contributed by atoms with E-state index in [4.69, 9.17) is 10.00 Å². The molecule has 1 aromatic heterocycles. The van der Waals surface area contributed by atoms with Crippen LogP contribution in [0.3, 0.4) is 0 Å². The molecule has 0 unspecified atom stereocenters. The number of alkyl halides is 3. The Bertz CT molecular complexity index is 675.